The smallest absolute Gasteiger partial charge is 0.228 e. The summed E-state index contributed by atoms with van der Waals surface area (Å²) in [5, 5.41) is 6.14. The summed E-state index contributed by atoms with van der Waals surface area (Å²) in [4.78, 5) is 35.9. The Labute approximate surface area is 160 Å². The van der Waals surface area contributed by atoms with E-state index in [1.54, 1.807) is 42.5 Å². The molecule has 2 amide bonds. The lowest BCUT2D eigenvalue weighted by Gasteiger charge is -2.09. The predicted molar refractivity (Wildman–Crippen MR) is 102 cm³/mol. The maximum Gasteiger partial charge on any atom is 0.228 e. The Bertz CT molecular complexity index is 861. The van der Waals surface area contributed by atoms with Gasteiger partial charge in [0.25, 0.3) is 0 Å². The molecule has 3 rings (SSSR count). The van der Waals surface area contributed by atoms with Gasteiger partial charge in [0.2, 0.25) is 11.8 Å². The maximum absolute atomic E-state index is 12.3. The second-order valence-corrected chi connectivity index (χ2v) is 6.97. The molecule has 2 N–H and O–H groups in total. The third kappa shape index (κ3) is 4.06. The molecule has 134 valence electrons. The van der Waals surface area contributed by atoms with Crippen molar-refractivity contribution in [3.63, 3.8) is 0 Å². The van der Waals surface area contributed by atoms with E-state index in [2.05, 4.69) is 10.6 Å². The van der Waals surface area contributed by atoms with Crippen LogP contribution in [0.1, 0.15) is 23.7 Å². The number of rotatable bonds is 5. The van der Waals surface area contributed by atoms with Gasteiger partial charge in [-0.25, -0.2) is 0 Å². The summed E-state index contributed by atoms with van der Waals surface area (Å²) in [6.07, 6.45) is 0.464. The Hall–Kier alpha value is -2.37. The molecule has 0 spiro atoms. The minimum atomic E-state index is -0.418. The highest BCUT2D eigenvalue weighted by atomic mass is 35.5. The Balaban J connectivity index is 1.58. The highest BCUT2D eigenvalue weighted by Gasteiger charge is 2.48. The molecule has 5 nitrogen and oxygen atoms in total. The van der Waals surface area contributed by atoms with Crippen LogP contribution in [0.2, 0.25) is 10.0 Å². The summed E-state index contributed by atoms with van der Waals surface area (Å²) in [7, 11) is 0. The maximum atomic E-state index is 12.3. The van der Waals surface area contributed by atoms with E-state index < -0.39 is 11.8 Å². The minimum absolute atomic E-state index is 0.0416. The molecule has 1 aliphatic rings. The average Bonchev–Trinajstić information content (AvgIpc) is 3.39. The van der Waals surface area contributed by atoms with Crippen molar-refractivity contribution in [3.05, 3.63) is 58.1 Å². The highest BCUT2D eigenvalue weighted by Crippen LogP contribution is 2.41. The van der Waals surface area contributed by atoms with Crippen molar-refractivity contribution in [2.24, 2.45) is 11.8 Å². The minimum Gasteiger partial charge on any atom is -0.326 e. The van der Waals surface area contributed by atoms with Crippen LogP contribution in [-0.2, 0) is 9.59 Å². The second-order valence-electron chi connectivity index (χ2n) is 6.16. The van der Waals surface area contributed by atoms with Crippen LogP contribution in [-0.4, -0.2) is 17.6 Å². The topological polar surface area (TPSA) is 75.3 Å². The monoisotopic (exact) mass is 390 g/mol. The van der Waals surface area contributed by atoms with Gasteiger partial charge in [-0.1, -0.05) is 29.3 Å². The molecule has 0 saturated heterocycles. The number of carbonyl (C=O) groups is 3. The molecule has 1 saturated carbocycles. The van der Waals surface area contributed by atoms with E-state index in [9.17, 15) is 14.4 Å². The molecule has 0 heterocycles. The Kier molecular flexibility index (Phi) is 5.30. The summed E-state index contributed by atoms with van der Waals surface area (Å²) in [5.41, 5.74) is 1.51. The van der Waals surface area contributed by atoms with Crippen molar-refractivity contribution in [2.75, 3.05) is 10.6 Å². The lowest BCUT2D eigenvalue weighted by atomic mass is 10.1. The largest absolute Gasteiger partial charge is 0.326 e. The molecular formula is C19H16Cl2N2O3. The number of Topliss-reactive ketones (excluding diaryl/α,β-unsaturated/α-hetero) is 1. The SMILES string of the molecule is CC(=O)c1ccc(NC(=O)C2CC2C(=O)Nc2c(Cl)cccc2Cl)cc1. The molecule has 2 aromatic rings. The van der Waals surface area contributed by atoms with Gasteiger partial charge in [0.05, 0.1) is 27.6 Å². The van der Waals surface area contributed by atoms with Gasteiger partial charge in [0, 0.05) is 11.3 Å². The van der Waals surface area contributed by atoms with E-state index >= 15 is 0 Å². The first-order valence-corrected chi connectivity index (χ1v) is 8.79. The van der Waals surface area contributed by atoms with E-state index in [1.807, 2.05) is 0 Å². The fourth-order valence-electron chi connectivity index (χ4n) is 2.63. The standard InChI is InChI=1S/C19H16Cl2N2O3/c1-10(24)11-5-7-12(8-6-11)22-18(25)13-9-14(13)19(26)23-17-15(20)3-2-4-16(17)21/h2-8,13-14H,9H2,1H3,(H,22,25)(H,23,26). The number of hydrogen-bond acceptors (Lipinski definition) is 3. The van der Waals surface area contributed by atoms with Gasteiger partial charge in [0.1, 0.15) is 0 Å². The lowest BCUT2D eigenvalue weighted by Crippen LogP contribution is -2.20. The summed E-state index contributed by atoms with van der Waals surface area (Å²) >= 11 is 12.1. The van der Waals surface area contributed by atoms with Crippen LogP contribution in [0.3, 0.4) is 0 Å². The second kappa shape index (κ2) is 7.48. The summed E-state index contributed by atoms with van der Waals surface area (Å²) in [5.74, 6) is -1.37. The van der Waals surface area contributed by atoms with Gasteiger partial charge in [-0.2, -0.15) is 0 Å². The van der Waals surface area contributed by atoms with Crippen LogP contribution >= 0.6 is 23.2 Å². The Morgan fingerprint density at radius 3 is 1.96 bits per heavy atom. The first-order valence-electron chi connectivity index (χ1n) is 8.03. The van der Waals surface area contributed by atoms with E-state index in [0.717, 1.165) is 0 Å². The van der Waals surface area contributed by atoms with Gasteiger partial charge >= 0.3 is 0 Å². The molecule has 2 atom stereocenters. The fourth-order valence-corrected chi connectivity index (χ4v) is 3.12. The number of benzene rings is 2. The number of carbonyl (C=O) groups excluding carboxylic acids is 3. The molecule has 0 aliphatic heterocycles. The first kappa shape index (κ1) is 18.4. The van der Waals surface area contributed by atoms with Crippen LogP contribution in [0.4, 0.5) is 11.4 Å². The van der Waals surface area contributed by atoms with Crippen molar-refractivity contribution >= 4 is 52.2 Å². The van der Waals surface area contributed by atoms with Crippen LogP contribution in [0, 0.1) is 11.8 Å². The normalized spacial score (nSPS) is 18.1. The quantitative estimate of drug-likeness (QED) is 0.742. The van der Waals surface area contributed by atoms with Crippen LogP contribution < -0.4 is 10.6 Å². The number of hydrogen-bond donors (Lipinski definition) is 2. The van der Waals surface area contributed by atoms with Crippen LogP contribution in [0.25, 0.3) is 0 Å². The first-order chi connectivity index (χ1) is 12.4. The molecule has 0 radical (unpaired) electrons. The van der Waals surface area contributed by atoms with Gasteiger partial charge in [-0.15, -0.1) is 0 Å². The van der Waals surface area contributed by atoms with Crippen molar-refractivity contribution in [1.82, 2.24) is 0 Å². The van der Waals surface area contributed by atoms with Gasteiger partial charge in [-0.3, -0.25) is 14.4 Å². The van der Waals surface area contributed by atoms with Crippen LogP contribution in [0.5, 0.6) is 0 Å². The molecule has 26 heavy (non-hydrogen) atoms. The highest BCUT2D eigenvalue weighted by molar-refractivity contribution is 6.39. The van der Waals surface area contributed by atoms with Gasteiger partial charge in [0.15, 0.2) is 5.78 Å². The van der Waals surface area contributed by atoms with Gasteiger partial charge < -0.3 is 10.6 Å². The zero-order valence-electron chi connectivity index (χ0n) is 13.9. The van der Waals surface area contributed by atoms with E-state index in [1.165, 1.54) is 6.92 Å². The molecule has 0 bridgehead atoms. The van der Waals surface area contributed by atoms with Gasteiger partial charge in [-0.05, 0) is 49.7 Å². The van der Waals surface area contributed by atoms with E-state index in [-0.39, 0.29) is 17.6 Å². The molecule has 1 aliphatic carbocycles. The fraction of sp³-hybridized carbons (Fsp3) is 0.211. The van der Waals surface area contributed by atoms with E-state index in [0.29, 0.717) is 33.4 Å². The number of nitrogens with one attached hydrogen (secondary N) is 2. The summed E-state index contributed by atoms with van der Waals surface area (Å²) in [6, 6.07) is 11.6. The molecule has 2 unspecified atom stereocenters. The van der Waals surface area contributed by atoms with Crippen molar-refractivity contribution < 1.29 is 14.4 Å². The zero-order chi connectivity index (χ0) is 18.8. The zero-order valence-corrected chi connectivity index (χ0v) is 15.4. The lowest BCUT2D eigenvalue weighted by molar-refractivity contribution is -0.122. The predicted octanol–water partition coefficient (Wildman–Crippen LogP) is 4.41. The Morgan fingerprint density at radius 2 is 1.42 bits per heavy atom. The summed E-state index contributed by atoms with van der Waals surface area (Å²) in [6.45, 7) is 1.48. The molecule has 0 aromatic heterocycles. The molecular weight excluding hydrogens is 375 g/mol. The number of amides is 2. The van der Waals surface area contributed by atoms with E-state index in [4.69, 9.17) is 23.2 Å². The number of para-hydroxylation sites is 1. The molecule has 7 heteroatoms. The number of anilines is 2. The Morgan fingerprint density at radius 1 is 0.885 bits per heavy atom. The van der Waals surface area contributed by atoms with Crippen LogP contribution in [0.15, 0.2) is 42.5 Å². The average molecular weight is 391 g/mol. The van der Waals surface area contributed by atoms with Crippen molar-refractivity contribution in [2.45, 2.75) is 13.3 Å². The molecule has 2 aromatic carbocycles. The molecule has 1 fully saturated rings. The third-order valence-corrected chi connectivity index (χ3v) is 4.86. The summed E-state index contributed by atoms with van der Waals surface area (Å²) < 4.78 is 0. The third-order valence-electron chi connectivity index (χ3n) is 4.23. The van der Waals surface area contributed by atoms with Crippen molar-refractivity contribution in [1.29, 1.82) is 0 Å². The number of halogens is 2. The number of ketones is 1. The van der Waals surface area contributed by atoms with Crippen molar-refractivity contribution in [3.8, 4) is 0 Å².